The Morgan fingerprint density at radius 3 is 2.89 bits per heavy atom. The quantitative estimate of drug-likeness (QED) is 0.515. The third-order valence-electron chi connectivity index (χ3n) is 2.04. The highest BCUT2D eigenvalue weighted by Gasteiger charge is 2.22. The monoisotopic (exact) mass is 283 g/mol. The topological polar surface area (TPSA) is 124 Å². The number of nitro groups is 1. The molecule has 19 heavy (non-hydrogen) atoms. The summed E-state index contributed by atoms with van der Waals surface area (Å²) in [6.45, 7) is 1.56. The van der Waals surface area contributed by atoms with Crippen LogP contribution in [-0.2, 0) is 0 Å². The van der Waals surface area contributed by atoms with Crippen LogP contribution in [-0.4, -0.2) is 26.0 Å². The maximum Gasteiger partial charge on any atom is 0.328 e. The van der Waals surface area contributed by atoms with E-state index >= 15 is 0 Å². The highest BCUT2D eigenvalue weighted by Crippen LogP contribution is 2.21. The zero-order chi connectivity index (χ0) is 14.0. The van der Waals surface area contributed by atoms with Gasteiger partial charge in [0.1, 0.15) is 16.9 Å². The molecule has 0 unspecified atom stereocenters. The van der Waals surface area contributed by atoms with Crippen molar-refractivity contribution in [2.75, 3.05) is 5.32 Å². The second-order valence-electron chi connectivity index (χ2n) is 3.38. The first-order valence-electron chi connectivity index (χ1n) is 4.89. The fraction of sp³-hybridized carbons (Fsp3) is 0.111. The van der Waals surface area contributed by atoms with Gasteiger partial charge in [0, 0.05) is 0 Å². The summed E-state index contributed by atoms with van der Waals surface area (Å²) in [6.07, 6.45) is 0.899. The molecular weight excluding hydrogens is 278 g/mol. The molecule has 1 N–H and O–H groups in total. The minimum Gasteiger partial charge on any atom is -0.315 e. The summed E-state index contributed by atoms with van der Waals surface area (Å²) in [4.78, 5) is 29.2. The highest BCUT2D eigenvalue weighted by atomic mass is 35.5. The van der Waals surface area contributed by atoms with Crippen molar-refractivity contribution in [1.29, 1.82) is 0 Å². The highest BCUT2D eigenvalue weighted by molar-refractivity contribution is 6.30. The number of nitrogens with one attached hydrogen (secondary N) is 1. The number of aryl methyl sites for hydroxylation is 1. The minimum atomic E-state index is -0.792. The predicted octanol–water partition coefficient (Wildman–Crippen LogP) is 1.59. The van der Waals surface area contributed by atoms with Crippen LogP contribution in [0.5, 0.6) is 0 Å². The molecule has 0 saturated heterocycles. The Bertz CT molecular complexity index is 656. The Morgan fingerprint density at radius 1 is 1.58 bits per heavy atom. The second-order valence-corrected chi connectivity index (χ2v) is 3.77. The molecule has 2 aromatic rings. The number of aromatic nitrogens is 3. The third-order valence-corrected chi connectivity index (χ3v) is 2.25. The summed E-state index contributed by atoms with van der Waals surface area (Å²) in [5.74, 6) is -0.475. The molecule has 1 amide bonds. The molecule has 10 heteroatoms. The average Bonchev–Trinajstić information content (AvgIpc) is 2.74. The Hall–Kier alpha value is -2.55. The van der Waals surface area contributed by atoms with Gasteiger partial charge in [0.25, 0.3) is 11.6 Å². The first-order valence-corrected chi connectivity index (χ1v) is 5.27. The average molecular weight is 284 g/mol. The van der Waals surface area contributed by atoms with Gasteiger partial charge in [0.2, 0.25) is 0 Å². The molecule has 0 saturated carbocycles. The Balaban J connectivity index is 2.32. The molecule has 0 atom stereocenters. The van der Waals surface area contributed by atoms with E-state index in [2.05, 4.69) is 25.0 Å². The molecular formula is C9H6ClN5O4. The van der Waals surface area contributed by atoms with E-state index in [1.807, 2.05) is 0 Å². The lowest BCUT2D eigenvalue weighted by atomic mass is 10.2. The number of hydrogen-bond donors (Lipinski definition) is 1. The minimum absolute atomic E-state index is 0.0440. The predicted molar refractivity (Wildman–Crippen MR) is 62.9 cm³/mol. The van der Waals surface area contributed by atoms with Crippen molar-refractivity contribution in [2.24, 2.45) is 0 Å². The zero-order valence-corrected chi connectivity index (χ0v) is 10.2. The fourth-order valence-corrected chi connectivity index (χ4v) is 1.42. The maximum absolute atomic E-state index is 11.9. The van der Waals surface area contributed by atoms with Gasteiger partial charge in [0.15, 0.2) is 5.82 Å². The van der Waals surface area contributed by atoms with Gasteiger partial charge in [-0.05, 0) is 13.0 Å². The van der Waals surface area contributed by atoms with Crippen LogP contribution in [0.4, 0.5) is 11.7 Å². The molecule has 0 fully saturated rings. The van der Waals surface area contributed by atoms with Crippen molar-refractivity contribution in [3.05, 3.63) is 38.9 Å². The number of rotatable bonds is 3. The first-order chi connectivity index (χ1) is 8.97. The standard InChI is InChI=1S/C9H6ClN5O4/c1-4-12-9(19-14-4)13-8(16)5-2-7(10)11-3-6(5)15(17)18/h2-3H,1H3,(H,12,13,14,16). The maximum atomic E-state index is 11.9. The van der Waals surface area contributed by atoms with Crippen molar-refractivity contribution in [2.45, 2.75) is 6.92 Å². The van der Waals surface area contributed by atoms with Crippen molar-refractivity contribution in [3.8, 4) is 0 Å². The summed E-state index contributed by atoms with van der Waals surface area (Å²) in [7, 11) is 0. The number of carbonyl (C=O) groups excluding carboxylic acids is 1. The van der Waals surface area contributed by atoms with E-state index in [9.17, 15) is 14.9 Å². The molecule has 0 aromatic carbocycles. The van der Waals surface area contributed by atoms with Crippen LogP contribution in [0.2, 0.25) is 5.15 Å². The van der Waals surface area contributed by atoms with Crippen LogP contribution in [0.3, 0.4) is 0 Å². The van der Waals surface area contributed by atoms with Gasteiger partial charge in [-0.2, -0.15) is 4.98 Å². The molecule has 0 radical (unpaired) electrons. The summed E-state index contributed by atoms with van der Waals surface area (Å²) >= 11 is 5.61. The smallest absolute Gasteiger partial charge is 0.315 e. The molecule has 2 aromatic heterocycles. The SMILES string of the molecule is Cc1noc(NC(=O)c2cc(Cl)ncc2[N+](=O)[O-])n1. The van der Waals surface area contributed by atoms with E-state index in [1.165, 1.54) is 0 Å². The fourth-order valence-electron chi connectivity index (χ4n) is 1.26. The van der Waals surface area contributed by atoms with Gasteiger partial charge >= 0.3 is 6.01 Å². The molecule has 0 bridgehead atoms. The Morgan fingerprint density at radius 2 is 2.32 bits per heavy atom. The van der Waals surface area contributed by atoms with E-state index < -0.39 is 16.5 Å². The van der Waals surface area contributed by atoms with E-state index in [0.29, 0.717) is 5.82 Å². The number of carbonyl (C=O) groups is 1. The molecule has 9 nitrogen and oxygen atoms in total. The van der Waals surface area contributed by atoms with E-state index in [-0.39, 0.29) is 16.7 Å². The summed E-state index contributed by atoms with van der Waals surface area (Å²) < 4.78 is 4.68. The molecule has 0 aliphatic rings. The number of amides is 1. The lowest BCUT2D eigenvalue weighted by molar-refractivity contribution is -0.385. The Labute approximate surface area is 110 Å². The largest absolute Gasteiger partial charge is 0.328 e. The van der Waals surface area contributed by atoms with Crippen molar-refractivity contribution in [1.82, 2.24) is 15.1 Å². The number of nitrogens with zero attached hydrogens (tertiary/aromatic N) is 4. The molecule has 98 valence electrons. The zero-order valence-electron chi connectivity index (χ0n) is 9.45. The van der Waals surface area contributed by atoms with Crippen molar-refractivity contribution in [3.63, 3.8) is 0 Å². The molecule has 0 aliphatic carbocycles. The summed E-state index contributed by atoms with van der Waals surface area (Å²) in [6, 6.07) is 0.919. The van der Waals surface area contributed by atoms with Crippen LogP contribution in [0.25, 0.3) is 0 Å². The normalized spacial score (nSPS) is 10.2. The van der Waals surface area contributed by atoms with E-state index in [0.717, 1.165) is 12.3 Å². The van der Waals surface area contributed by atoms with Gasteiger partial charge in [-0.25, -0.2) is 4.98 Å². The van der Waals surface area contributed by atoms with Gasteiger partial charge < -0.3 is 4.52 Å². The van der Waals surface area contributed by atoms with Gasteiger partial charge in [-0.1, -0.05) is 16.8 Å². The number of pyridine rings is 1. The van der Waals surface area contributed by atoms with Crippen LogP contribution in [0, 0.1) is 17.0 Å². The second kappa shape index (κ2) is 4.98. The first kappa shape index (κ1) is 12.9. The molecule has 2 rings (SSSR count). The van der Waals surface area contributed by atoms with Crippen molar-refractivity contribution >= 4 is 29.2 Å². The molecule has 2 heterocycles. The summed E-state index contributed by atoms with van der Waals surface area (Å²) in [5.41, 5.74) is -0.723. The number of halogens is 1. The van der Waals surface area contributed by atoms with Crippen LogP contribution in [0.15, 0.2) is 16.8 Å². The van der Waals surface area contributed by atoms with Crippen molar-refractivity contribution < 1.29 is 14.2 Å². The van der Waals surface area contributed by atoms with Crippen LogP contribution >= 0.6 is 11.6 Å². The lowest BCUT2D eigenvalue weighted by Crippen LogP contribution is -2.14. The number of anilines is 1. The molecule has 0 aliphatic heterocycles. The Kier molecular flexibility index (Phi) is 3.38. The number of hydrogen-bond acceptors (Lipinski definition) is 7. The lowest BCUT2D eigenvalue weighted by Gasteiger charge is -2.01. The van der Waals surface area contributed by atoms with Gasteiger partial charge in [0.05, 0.1) is 4.92 Å². The third kappa shape index (κ3) is 2.83. The van der Waals surface area contributed by atoms with E-state index in [4.69, 9.17) is 11.6 Å². The molecule has 0 spiro atoms. The summed E-state index contributed by atoms with van der Waals surface area (Å²) in [5, 5.41) is 16.4. The van der Waals surface area contributed by atoms with Gasteiger partial charge in [-0.3, -0.25) is 20.2 Å². The van der Waals surface area contributed by atoms with E-state index in [1.54, 1.807) is 6.92 Å². The van der Waals surface area contributed by atoms with Crippen LogP contribution in [0.1, 0.15) is 16.2 Å². The van der Waals surface area contributed by atoms with Gasteiger partial charge in [-0.15, -0.1) is 0 Å². The van der Waals surface area contributed by atoms with Crippen LogP contribution < -0.4 is 5.32 Å².